The van der Waals surface area contributed by atoms with Crippen molar-refractivity contribution in [2.24, 2.45) is 0 Å². The molecule has 110 valence electrons. The van der Waals surface area contributed by atoms with E-state index in [0.29, 0.717) is 13.1 Å². The number of nitrogens with zero attached hydrogens (tertiary/aromatic N) is 2. The zero-order valence-electron chi connectivity index (χ0n) is 12.2. The van der Waals surface area contributed by atoms with Crippen LogP contribution >= 0.6 is 0 Å². The van der Waals surface area contributed by atoms with Gasteiger partial charge in [0.1, 0.15) is 0 Å². The minimum Gasteiger partial charge on any atom is -0.372 e. The molecule has 2 amide bonds. The highest BCUT2D eigenvalue weighted by Gasteiger charge is 2.26. The largest absolute Gasteiger partial charge is 0.372 e. The van der Waals surface area contributed by atoms with Crippen molar-refractivity contribution in [2.75, 3.05) is 18.4 Å². The maximum Gasteiger partial charge on any atom is 0.322 e. The topological polar surface area (TPSA) is 54.5 Å². The number of amides is 2. The zero-order valence-corrected chi connectivity index (χ0v) is 12.2. The Morgan fingerprint density at radius 2 is 2.00 bits per heavy atom. The van der Waals surface area contributed by atoms with Crippen molar-refractivity contribution in [1.82, 2.24) is 9.88 Å². The number of rotatable bonds is 1. The second kappa shape index (κ2) is 5.69. The molecule has 1 N–H and O–H groups in total. The van der Waals surface area contributed by atoms with Gasteiger partial charge in [0, 0.05) is 24.7 Å². The van der Waals surface area contributed by atoms with Gasteiger partial charge in [0.15, 0.2) is 0 Å². The molecule has 0 aliphatic carbocycles. The summed E-state index contributed by atoms with van der Waals surface area (Å²) in [4.78, 5) is 18.5. The smallest absolute Gasteiger partial charge is 0.322 e. The number of morpholine rings is 1. The molecule has 0 bridgehead atoms. The Morgan fingerprint density at radius 3 is 2.76 bits per heavy atom. The van der Waals surface area contributed by atoms with Crippen molar-refractivity contribution in [3.63, 3.8) is 0 Å². The number of anilines is 1. The van der Waals surface area contributed by atoms with Gasteiger partial charge in [-0.1, -0.05) is 6.07 Å². The van der Waals surface area contributed by atoms with Crippen LogP contribution < -0.4 is 5.32 Å². The molecule has 2 aromatic rings. The third-order valence-corrected chi connectivity index (χ3v) is 3.59. The van der Waals surface area contributed by atoms with Crippen molar-refractivity contribution >= 4 is 22.6 Å². The van der Waals surface area contributed by atoms with Crippen LogP contribution in [0.1, 0.15) is 13.8 Å². The predicted molar refractivity (Wildman–Crippen MR) is 82.3 cm³/mol. The zero-order chi connectivity index (χ0) is 14.8. The maximum absolute atomic E-state index is 12.4. The molecular formula is C16H19N3O2. The second-order valence-corrected chi connectivity index (χ2v) is 5.47. The maximum atomic E-state index is 12.4. The fraction of sp³-hybridized carbons (Fsp3) is 0.375. The lowest BCUT2D eigenvalue weighted by atomic mass is 10.2. The molecule has 1 saturated heterocycles. The van der Waals surface area contributed by atoms with E-state index in [1.807, 2.05) is 44.2 Å². The molecule has 0 saturated carbocycles. The van der Waals surface area contributed by atoms with Gasteiger partial charge in [-0.25, -0.2) is 4.79 Å². The SMILES string of the molecule is C[C@@H]1CN(C(=O)Nc2cccc3ncccc23)C[C@@H](C)O1. The molecular weight excluding hydrogens is 266 g/mol. The number of pyridine rings is 1. The Bertz CT molecular complexity index is 644. The van der Waals surface area contributed by atoms with Gasteiger partial charge in [-0.2, -0.15) is 0 Å². The van der Waals surface area contributed by atoms with E-state index in [1.165, 1.54) is 0 Å². The molecule has 0 radical (unpaired) electrons. The number of hydrogen-bond donors (Lipinski definition) is 1. The summed E-state index contributed by atoms with van der Waals surface area (Å²) in [5.41, 5.74) is 1.66. The lowest BCUT2D eigenvalue weighted by Crippen LogP contribution is -2.49. The van der Waals surface area contributed by atoms with Crippen LogP contribution in [0.25, 0.3) is 10.9 Å². The van der Waals surface area contributed by atoms with Crippen LogP contribution in [-0.4, -0.2) is 41.2 Å². The Balaban J connectivity index is 1.80. The second-order valence-electron chi connectivity index (χ2n) is 5.47. The first-order valence-electron chi connectivity index (χ1n) is 7.18. The molecule has 2 atom stereocenters. The predicted octanol–water partition coefficient (Wildman–Crippen LogP) is 2.88. The molecule has 5 heteroatoms. The van der Waals surface area contributed by atoms with Crippen LogP contribution in [0.2, 0.25) is 0 Å². The van der Waals surface area contributed by atoms with E-state index in [9.17, 15) is 4.79 Å². The summed E-state index contributed by atoms with van der Waals surface area (Å²) in [5, 5.41) is 3.93. The lowest BCUT2D eigenvalue weighted by molar-refractivity contribution is -0.0530. The Morgan fingerprint density at radius 1 is 1.24 bits per heavy atom. The summed E-state index contributed by atoms with van der Waals surface area (Å²) < 4.78 is 5.66. The monoisotopic (exact) mass is 285 g/mol. The van der Waals surface area contributed by atoms with E-state index in [0.717, 1.165) is 16.6 Å². The average Bonchev–Trinajstić information content (AvgIpc) is 2.46. The standard InChI is InChI=1S/C16H19N3O2/c1-11-9-19(10-12(2)21-11)16(20)18-15-7-3-6-14-13(15)5-4-8-17-14/h3-8,11-12H,9-10H2,1-2H3,(H,18,20)/t11-,12-/m1/s1. The molecule has 1 fully saturated rings. The molecule has 1 aliphatic heterocycles. The number of ether oxygens (including phenoxy) is 1. The summed E-state index contributed by atoms with van der Waals surface area (Å²) in [6.07, 6.45) is 1.88. The fourth-order valence-electron chi connectivity index (χ4n) is 2.75. The van der Waals surface area contributed by atoms with Gasteiger partial charge in [0.05, 0.1) is 23.4 Å². The van der Waals surface area contributed by atoms with Crippen LogP contribution in [0, 0.1) is 0 Å². The fourth-order valence-corrected chi connectivity index (χ4v) is 2.75. The third-order valence-electron chi connectivity index (χ3n) is 3.59. The third kappa shape index (κ3) is 2.97. The van der Waals surface area contributed by atoms with Crippen molar-refractivity contribution in [2.45, 2.75) is 26.1 Å². The molecule has 1 aromatic heterocycles. The van der Waals surface area contributed by atoms with Gasteiger partial charge >= 0.3 is 6.03 Å². The minimum absolute atomic E-state index is 0.0636. The summed E-state index contributed by atoms with van der Waals surface area (Å²) in [5.74, 6) is 0. The van der Waals surface area contributed by atoms with Gasteiger partial charge in [0.2, 0.25) is 0 Å². The first-order valence-corrected chi connectivity index (χ1v) is 7.18. The van der Waals surface area contributed by atoms with Crippen molar-refractivity contribution in [3.05, 3.63) is 36.5 Å². The highest BCUT2D eigenvalue weighted by Crippen LogP contribution is 2.22. The van der Waals surface area contributed by atoms with E-state index >= 15 is 0 Å². The van der Waals surface area contributed by atoms with Crippen molar-refractivity contribution in [1.29, 1.82) is 0 Å². The summed E-state index contributed by atoms with van der Waals surface area (Å²) in [7, 11) is 0. The van der Waals surface area contributed by atoms with E-state index in [4.69, 9.17) is 4.74 Å². The quantitative estimate of drug-likeness (QED) is 0.876. The van der Waals surface area contributed by atoms with Crippen molar-refractivity contribution < 1.29 is 9.53 Å². The van der Waals surface area contributed by atoms with Gasteiger partial charge in [0.25, 0.3) is 0 Å². The van der Waals surface area contributed by atoms with Crippen LogP contribution in [-0.2, 0) is 4.74 Å². The van der Waals surface area contributed by atoms with Gasteiger partial charge in [-0.15, -0.1) is 0 Å². The van der Waals surface area contributed by atoms with E-state index in [2.05, 4.69) is 10.3 Å². The molecule has 0 spiro atoms. The van der Waals surface area contributed by atoms with Gasteiger partial charge < -0.3 is 15.0 Å². The normalized spacial score (nSPS) is 22.3. The van der Waals surface area contributed by atoms with Crippen LogP contribution in [0.4, 0.5) is 10.5 Å². The number of nitrogens with one attached hydrogen (secondary N) is 1. The molecule has 21 heavy (non-hydrogen) atoms. The molecule has 1 aliphatic rings. The van der Waals surface area contributed by atoms with Crippen LogP contribution in [0.5, 0.6) is 0 Å². The number of hydrogen-bond acceptors (Lipinski definition) is 3. The Kier molecular flexibility index (Phi) is 3.75. The van der Waals surface area contributed by atoms with Gasteiger partial charge in [-0.05, 0) is 38.1 Å². The number of aromatic nitrogens is 1. The molecule has 0 unspecified atom stereocenters. The first kappa shape index (κ1) is 13.8. The summed E-state index contributed by atoms with van der Waals surface area (Å²) in [6, 6.07) is 9.47. The molecule has 1 aromatic carbocycles. The molecule has 3 rings (SSSR count). The number of urea groups is 1. The lowest BCUT2D eigenvalue weighted by Gasteiger charge is -2.35. The van der Waals surface area contributed by atoms with E-state index in [-0.39, 0.29) is 18.2 Å². The number of carbonyl (C=O) groups excluding carboxylic acids is 1. The first-order chi connectivity index (χ1) is 10.1. The van der Waals surface area contributed by atoms with E-state index in [1.54, 1.807) is 11.1 Å². The Labute approximate surface area is 123 Å². The molecule has 5 nitrogen and oxygen atoms in total. The minimum atomic E-state index is -0.0895. The van der Waals surface area contributed by atoms with Crippen LogP contribution in [0.3, 0.4) is 0 Å². The number of fused-ring (bicyclic) bond motifs is 1. The highest BCUT2D eigenvalue weighted by atomic mass is 16.5. The van der Waals surface area contributed by atoms with E-state index < -0.39 is 0 Å². The number of carbonyl (C=O) groups is 1. The summed E-state index contributed by atoms with van der Waals surface area (Å²) >= 11 is 0. The Hall–Kier alpha value is -2.14. The highest BCUT2D eigenvalue weighted by molar-refractivity contribution is 6.00. The molecule has 2 heterocycles. The summed E-state index contributed by atoms with van der Waals surface area (Å²) in [6.45, 7) is 5.19. The average molecular weight is 285 g/mol. The van der Waals surface area contributed by atoms with Crippen LogP contribution in [0.15, 0.2) is 36.5 Å². The van der Waals surface area contributed by atoms with Gasteiger partial charge in [-0.3, -0.25) is 4.98 Å². The number of benzene rings is 1. The van der Waals surface area contributed by atoms with Crippen molar-refractivity contribution in [3.8, 4) is 0 Å².